The third-order valence-electron chi connectivity index (χ3n) is 5.11. The van der Waals surface area contributed by atoms with Crippen LogP contribution in [0, 0.1) is 5.92 Å². The minimum atomic E-state index is -0.540. The lowest BCUT2D eigenvalue weighted by molar-refractivity contribution is -0.545. The summed E-state index contributed by atoms with van der Waals surface area (Å²) in [4.78, 5) is 34.2. The number of amidine groups is 1. The van der Waals surface area contributed by atoms with Gasteiger partial charge in [-0.25, -0.2) is 9.69 Å². The van der Waals surface area contributed by atoms with Gasteiger partial charge in [0.05, 0.1) is 26.2 Å². The summed E-state index contributed by atoms with van der Waals surface area (Å²) in [5, 5.41) is 0. The zero-order chi connectivity index (χ0) is 17.4. The van der Waals surface area contributed by atoms with Gasteiger partial charge in [0.15, 0.2) is 0 Å². The van der Waals surface area contributed by atoms with E-state index in [0.717, 1.165) is 31.9 Å². The molecular weight excluding hydrogens is 310 g/mol. The number of aliphatic imine (C=N–C) groups is 1. The quantitative estimate of drug-likeness (QED) is 0.683. The maximum absolute atomic E-state index is 12.7. The van der Waals surface area contributed by atoms with Crippen LogP contribution in [0.2, 0.25) is 0 Å². The molecule has 24 heavy (non-hydrogen) atoms. The molecular formula is C16H26N5O3+. The molecule has 1 atom stereocenters. The Balaban J connectivity index is 1.99. The smallest absolute Gasteiger partial charge is 0.381 e. The molecule has 0 bridgehead atoms. The molecule has 3 rings (SSSR count). The normalized spacial score (nSPS) is 27.8. The minimum Gasteiger partial charge on any atom is -0.381 e. The number of piperidine rings is 1. The van der Waals surface area contributed by atoms with E-state index in [-0.39, 0.29) is 11.9 Å². The molecule has 3 aliphatic rings. The number of methoxy groups -OCH3 is 1. The van der Waals surface area contributed by atoms with Gasteiger partial charge in [-0.2, -0.15) is 0 Å². The zero-order valence-electron chi connectivity index (χ0n) is 14.9. The number of likely N-dealkylation sites (N-methyl/N-ethyl adjacent to an activating group) is 2. The Morgan fingerprint density at radius 2 is 1.88 bits per heavy atom. The predicted octanol–water partition coefficient (Wildman–Crippen LogP) is 0.0377. The number of ether oxygens (including phenoxy) is 1. The highest BCUT2D eigenvalue weighted by atomic mass is 16.5. The first-order valence-corrected chi connectivity index (χ1v) is 8.47. The summed E-state index contributed by atoms with van der Waals surface area (Å²) in [7, 11) is 4.84. The molecule has 0 aliphatic carbocycles. The molecule has 132 valence electrons. The topological polar surface area (TPSA) is 68.5 Å². The van der Waals surface area contributed by atoms with Crippen molar-refractivity contribution in [3.05, 3.63) is 0 Å². The van der Waals surface area contributed by atoms with E-state index in [1.807, 2.05) is 4.90 Å². The summed E-state index contributed by atoms with van der Waals surface area (Å²) in [5.41, 5.74) is 0. The second-order valence-corrected chi connectivity index (χ2v) is 6.77. The van der Waals surface area contributed by atoms with Gasteiger partial charge in [0.25, 0.3) is 5.91 Å². The fourth-order valence-electron chi connectivity index (χ4n) is 3.47. The third kappa shape index (κ3) is 2.68. The van der Waals surface area contributed by atoms with Crippen molar-refractivity contribution in [2.75, 3.05) is 47.4 Å². The van der Waals surface area contributed by atoms with Crippen molar-refractivity contribution in [1.82, 2.24) is 14.7 Å². The van der Waals surface area contributed by atoms with Gasteiger partial charge in [0.1, 0.15) is 0 Å². The molecule has 0 N–H and O–H groups in total. The van der Waals surface area contributed by atoms with Crippen LogP contribution in [0.1, 0.15) is 19.8 Å². The number of imide groups is 1. The molecule has 0 saturated carbocycles. The molecule has 2 fully saturated rings. The van der Waals surface area contributed by atoms with E-state index in [1.165, 1.54) is 16.8 Å². The van der Waals surface area contributed by atoms with Crippen LogP contribution < -0.4 is 0 Å². The number of rotatable bonds is 3. The van der Waals surface area contributed by atoms with Gasteiger partial charge in [0.2, 0.25) is 11.9 Å². The van der Waals surface area contributed by atoms with Gasteiger partial charge in [-0.1, -0.05) is 11.9 Å². The molecule has 0 spiro atoms. The van der Waals surface area contributed by atoms with E-state index in [4.69, 9.17) is 9.73 Å². The molecule has 0 aromatic carbocycles. The van der Waals surface area contributed by atoms with E-state index in [1.54, 1.807) is 14.2 Å². The molecule has 0 aromatic heterocycles. The minimum absolute atomic E-state index is 0.228. The van der Waals surface area contributed by atoms with Crippen molar-refractivity contribution in [1.29, 1.82) is 0 Å². The van der Waals surface area contributed by atoms with Crippen molar-refractivity contribution in [2.45, 2.75) is 25.8 Å². The molecule has 0 aromatic rings. The highest BCUT2D eigenvalue weighted by molar-refractivity contribution is 6.25. The average Bonchev–Trinajstić information content (AvgIpc) is 2.96. The number of carbonyl (C=O) groups is 2. The lowest BCUT2D eigenvalue weighted by Gasteiger charge is -2.33. The number of guanidine groups is 1. The first-order valence-electron chi connectivity index (χ1n) is 8.47. The number of amides is 3. The zero-order valence-corrected chi connectivity index (χ0v) is 14.9. The van der Waals surface area contributed by atoms with Gasteiger partial charge in [0, 0.05) is 21.2 Å². The first-order chi connectivity index (χ1) is 11.5. The molecule has 8 nitrogen and oxygen atoms in total. The Bertz CT molecular complexity index is 605. The van der Waals surface area contributed by atoms with Crippen molar-refractivity contribution in [3.63, 3.8) is 0 Å². The Morgan fingerprint density at radius 3 is 2.50 bits per heavy atom. The number of urea groups is 1. The fraction of sp³-hybridized carbons (Fsp3) is 0.750. The van der Waals surface area contributed by atoms with Crippen LogP contribution >= 0.6 is 0 Å². The monoisotopic (exact) mass is 336 g/mol. The third-order valence-corrected chi connectivity index (χ3v) is 5.11. The number of nitrogens with zero attached hydrogens (tertiary/aromatic N) is 5. The second-order valence-electron chi connectivity index (χ2n) is 6.77. The Hall–Kier alpha value is -1.96. The lowest BCUT2D eigenvalue weighted by Crippen LogP contribution is -2.63. The number of fused-ring (bicyclic) bond motifs is 1. The van der Waals surface area contributed by atoms with Gasteiger partial charge < -0.3 is 4.74 Å². The summed E-state index contributed by atoms with van der Waals surface area (Å²) in [5.74, 6) is 1.80. The highest BCUT2D eigenvalue weighted by Gasteiger charge is 2.55. The van der Waals surface area contributed by atoms with E-state index in [9.17, 15) is 9.59 Å². The Morgan fingerprint density at radius 1 is 1.21 bits per heavy atom. The maximum atomic E-state index is 12.7. The SMILES string of the molecule is COCCN1C(=[N+]2CCC(C)CC2)N=C2C1C(=O)N(C)C(=O)N2C. The fourth-order valence-corrected chi connectivity index (χ4v) is 3.47. The standard InChI is InChI=1S/C16H26N5O3/c1-11-5-7-20(8-6-11)15-17-13-12(21(15)9-10-24-4)14(22)19(3)16(23)18(13)2/h11-12H,5-10H2,1-4H3/q+1. The van der Waals surface area contributed by atoms with Gasteiger partial charge in [-0.05, 0) is 18.8 Å². The van der Waals surface area contributed by atoms with Crippen LogP contribution in [0.4, 0.5) is 4.79 Å². The number of hydrogen-bond acceptors (Lipinski definition) is 3. The van der Waals surface area contributed by atoms with Crippen molar-refractivity contribution < 1.29 is 18.9 Å². The summed E-state index contributed by atoms with van der Waals surface area (Å²) < 4.78 is 7.45. The Kier molecular flexibility index (Phi) is 4.58. The summed E-state index contributed by atoms with van der Waals surface area (Å²) in [6, 6.07) is -0.877. The van der Waals surface area contributed by atoms with Crippen LogP contribution in [0.5, 0.6) is 0 Å². The lowest BCUT2D eigenvalue weighted by atomic mass is 10.0. The second kappa shape index (κ2) is 6.51. The number of carbonyl (C=O) groups excluding carboxylic acids is 2. The summed E-state index contributed by atoms with van der Waals surface area (Å²) in [6.45, 7) is 5.17. The van der Waals surface area contributed by atoms with Gasteiger partial charge in [-0.15, -0.1) is 0 Å². The summed E-state index contributed by atoms with van der Waals surface area (Å²) in [6.07, 6.45) is 2.22. The van der Waals surface area contributed by atoms with E-state index >= 15 is 0 Å². The van der Waals surface area contributed by atoms with Gasteiger partial charge >= 0.3 is 12.0 Å². The molecule has 3 aliphatic heterocycles. The molecule has 3 amide bonds. The van der Waals surface area contributed by atoms with Crippen molar-refractivity contribution >= 4 is 23.7 Å². The van der Waals surface area contributed by atoms with Crippen molar-refractivity contribution in [3.8, 4) is 0 Å². The Labute approximate surface area is 142 Å². The first kappa shape index (κ1) is 16.9. The maximum Gasteiger partial charge on any atom is 0.392 e. The van der Waals surface area contributed by atoms with Crippen LogP contribution in [0.3, 0.4) is 0 Å². The molecule has 0 radical (unpaired) electrons. The molecule has 2 saturated heterocycles. The van der Waals surface area contributed by atoms with E-state index in [2.05, 4.69) is 11.5 Å². The molecule has 1 unspecified atom stereocenters. The van der Waals surface area contributed by atoms with Crippen LogP contribution in [0.25, 0.3) is 0 Å². The largest absolute Gasteiger partial charge is 0.392 e. The van der Waals surface area contributed by atoms with Crippen LogP contribution in [-0.2, 0) is 9.53 Å². The van der Waals surface area contributed by atoms with E-state index < -0.39 is 6.04 Å². The predicted molar refractivity (Wildman–Crippen MR) is 89.1 cm³/mol. The van der Waals surface area contributed by atoms with Crippen LogP contribution in [-0.4, -0.2) is 96.5 Å². The highest BCUT2D eigenvalue weighted by Crippen LogP contribution is 2.24. The molecule has 8 heteroatoms. The van der Waals surface area contributed by atoms with Crippen LogP contribution in [0.15, 0.2) is 4.99 Å². The van der Waals surface area contributed by atoms with E-state index in [0.29, 0.717) is 24.9 Å². The number of hydrogen-bond donors (Lipinski definition) is 0. The van der Waals surface area contributed by atoms with Crippen molar-refractivity contribution in [2.24, 2.45) is 10.9 Å². The molecule has 3 heterocycles. The van der Waals surface area contributed by atoms with Gasteiger partial charge in [-0.3, -0.25) is 19.2 Å². The summed E-state index contributed by atoms with van der Waals surface area (Å²) >= 11 is 0. The average molecular weight is 336 g/mol.